The first-order valence-electron chi connectivity index (χ1n) is 24.8. The number of benzene rings is 11. The van der Waals surface area contributed by atoms with E-state index < -0.39 is 0 Å². The van der Waals surface area contributed by atoms with Crippen molar-refractivity contribution in [2.24, 2.45) is 0 Å². The molecule has 0 radical (unpaired) electrons. The van der Waals surface area contributed by atoms with Crippen LogP contribution in [-0.2, 0) is 0 Å². The molecule has 6 heteroatoms. The molecule has 0 unspecified atom stereocenters. The number of rotatable bonds is 8. The second-order valence-corrected chi connectivity index (χ2v) is 18.9. The van der Waals surface area contributed by atoms with Gasteiger partial charge in [0.1, 0.15) is 23.0 Å². The summed E-state index contributed by atoms with van der Waals surface area (Å²) in [5.41, 5.74) is 13.9. The van der Waals surface area contributed by atoms with Crippen LogP contribution >= 0.6 is 0 Å². The first-order valence-corrected chi connectivity index (χ1v) is 24.8. The topological polar surface area (TPSA) is 38.2 Å². The molecule has 15 aromatic rings. The van der Waals surface area contributed by atoms with Gasteiger partial charge in [-0.1, -0.05) is 152 Å². The maximum Gasteiger partial charge on any atom is 0.134 e. The van der Waals surface area contributed by atoms with Crippen molar-refractivity contribution in [1.29, 1.82) is 0 Å². The van der Waals surface area contributed by atoms with Crippen LogP contribution in [-0.4, -0.2) is 18.3 Å². The third kappa shape index (κ3) is 6.37. The molecule has 0 aliphatic carbocycles. The molecule has 0 aliphatic rings. The van der Waals surface area contributed by atoms with E-state index in [1.807, 2.05) is 18.2 Å². The lowest BCUT2D eigenvalue weighted by molar-refractivity contribution is 0.453. The minimum atomic E-state index is 0.700. The SMILES string of the molecule is Cc1c(Oc2cc(-n3c4ccccc4c4ccccc43)cc(-n3c4ccccc4c4ccccc43)c2)cccc1Oc1cc(-n2c3ccccc3c3ccccc32)cc(-n2c3ccccc3c3ccccc32)c1. The van der Waals surface area contributed by atoms with E-state index in [1.165, 1.54) is 43.1 Å². The Morgan fingerprint density at radius 1 is 0.233 bits per heavy atom. The normalized spacial score (nSPS) is 11.9. The molecule has 0 N–H and O–H groups in total. The smallest absolute Gasteiger partial charge is 0.134 e. The van der Waals surface area contributed by atoms with E-state index in [-0.39, 0.29) is 0 Å². The molecule has 0 fully saturated rings. The Balaban J connectivity index is 0.899. The lowest BCUT2D eigenvalue weighted by atomic mass is 10.2. The molecule has 0 aliphatic heterocycles. The Morgan fingerprint density at radius 2 is 0.438 bits per heavy atom. The van der Waals surface area contributed by atoms with Gasteiger partial charge in [0.15, 0.2) is 0 Å². The molecule has 0 saturated heterocycles. The predicted octanol–water partition coefficient (Wildman–Crippen LogP) is 18.0. The molecule has 4 heterocycles. The molecule has 4 aromatic heterocycles. The quantitative estimate of drug-likeness (QED) is 0.152. The van der Waals surface area contributed by atoms with Crippen LogP contribution in [0.25, 0.3) is 110 Å². The van der Waals surface area contributed by atoms with Crippen LogP contribution < -0.4 is 9.47 Å². The van der Waals surface area contributed by atoms with Crippen LogP contribution in [0.3, 0.4) is 0 Å². The number of aromatic nitrogens is 4. The molecular weight excluding hydrogens is 893 g/mol. The first-order chi connectivity index (χ1) is 36.1. The predicted molar refractivity (Wildman–Crippen MR) is 302 cm³/mol. The lowest BCUT2D eigenvalue weighted by Gasteiger charge is -2.18. The summed E-state index contributed by atoms with van der Waals surface area (Å²) in [5, 5.41) is 9.61. The Kier molecular flexibility index (Phi) is 9.07. The van der Waals surface area contributed by atoms with Crippen molar-refractivity contribution in [3.05, 3.63) is 254 Å². The van der Waals surface area contributed by atoms with Crippen LogP contribution in [0.2, 0.25) is 0 Å². The van der Waals surface area contributed by atoms with Crippen molar-refractivity contribution in [3.8, 4) is 45.7 Å². The zero-order valence-electron chi connectivity index (χ0n) is 39.8. The summed E-state index contributed by atoms with van der Waals surface area (Å²) >= 11 is 0. The summed E-state index contributed by atoms with van der Waals surface area (Å²) in [6, 6.07) is 88.5. The number of hydrogen-bond acceptors (Lipinski definition) is 2. The monoisotopic (exact) mass is 936 g/mol. The highest BCUT2D eigenvalue weighted by Gasteiger charge is 2.21. The fourth-order valence-electron chi connectivity index (χ4n) is 11.6. The van der Waals surface area contributed by atoms with E-state index in [9.17, 15) is 0 Å². The van der Waals surface area contributed by atoms with E-state index >= 15 is 0 Å². The van der Waals surface area contributed by atoms with Crippen LogP contribution in [0.4, 0.5) is 0 Å². The second-order valence-electron chi connectivity index (χ2n) is 18.9. The minimum Gasteiger partial charge on any atom is -0.457 e. The second kappa shape index (κ2) is 16.1. The molecular formula is C67H44N4O2. The number of hydrogen-bond donors (Lipinski definition) is 0. The van der Waals surface area contributed by atoms with Crippen LogP contribution in [0.1, 0.15) is 5.56 Å². The first kappa shape index (κ1) is 41.0. The van der Waals surface area contributed by atoms with Gasteiger partial charge in [-0.3, -0.25) is 0 Å². The van der Waals surface area contributed by atoms with Crippen molar-refractivity contribution in [3.63, 3.8) is 0 Å². The summed E-state index contributed by atoms with van der Waals surface area (Å²) < 4.78 is 23.8. The highest BCUT2D eigenvalue weighted by Crippen LogP contribution is 2.42. The Bertz CT molecular complexity index is 3950. The average Bonchev–Trinajstić information content (AvgIpc) is 4.17. The van der Waals surface area contributed by atoms with Gasteiger partial charge >= 0.3 is 0 Å². The highest BCUT2D eigenvalue weighted by molar-refractivity contribution is 6.12. The van der Waals surface area contributed by atoms with Crippen LogP contribution in [0.15, 0.2) is 249 Å². The van der Waals surface area contributed by atoms with Crippen molar-refractivity contribution >= 4 is 87.2 Å². The molecule has 0 bridgehead atoms. The highest BCUT2D eigenvalue weighted by atomic mass is 16.5. The summed E-state index contributed by atoms with van der Waals surface area (Å²) in [5.74, 6) is 2.81. The minimum absolute atomic E-state index is 0.700. The number of nitrogens with zero attached hydrogens (tertiary/aromatic N) is 4. The third-order valence-corrected chi connectivity index (χ3v) is 14.8. The van der Waals surface area contributed by atoms with Gasteiger partial charge < -0.3 is 27.7 Å². The molecule has 6 nitrogen and oxygen atoms in total. The standard InChI is InChI=1S/C67H44N4O2/c1-43-66(72-48-39-44(68-58-27-10-2-19-50(58)51-20-3-11-28-59(51)68)37-45(40-48)69-60-29-12-4-21-52(60)53-22-5-13-30-61(53)69)35-18-36-67(43)73-49-41-46(70-62-31-14-6-23-54(62)55-24-7-15-32-63(55)70)38-47(42-49)71-64-33-16-8-25-56(64)57-26-9-17-34-65(57)71/h2-42H,1H3. The van der Waals surface area contributed by atoms with Crippen molar-refractivity contribution in [1.82, 2.24) is 18.3 Å². The molecule has 0 amide bonds. The summed E-state index contributed by atoms with van der Waals surface area (Å²) in [7, 11) is 0. The molecule has 344 valence electrons. The van der Waals surface area contributed by atoms with Gasteiger partial charge in [0.2, 0.25) is 0 Å². The number of ether oxygens (including phenoxy) is 2. The molecule has 11 aromatic carbocycles. The zero-order chi connectivity index (χ0) is 48.1. The van der Waals surface area contributed by atoms with Gasteiger partial charge in [-0.15, -0.1) is 0 Å². The van der Waals surface area contributed by atoms with Gasteiger partial charge in [-0.05, 0) is 79.7 Å². The van der Waals surface area contributed by atoms with Crippen LogP contribution in [0, 0.1) is 6.92 Å². The van der Waals surface area contributed by atoms with E-state index in [2.05, 4.69) is 256 Å². The molecule has 0 saturated carbocycles. The van der Waals surface area contributed by atoms with E-state index in [0.29, 0.717) is 23.0 Å². The lowest BCUT2D eigenvalue weighted by Crippen LogP contribution is -2.01. The van der Waals surface area contributed by atoms with E-state index in [1.54, 1.807) is 0 Å². The van der Waals surface area contributed by atoms with Gasteiger partial charge in [0, 0.05) is 72.9 Å². The molecule has 0 atom stereocenters. The summed E-state index contributed by atoms with van der Waals surface area (Å²) in [4.78, 5) is 0. The van der Waals surface area contributed by atoms with Crippen molar-refractivity contribution < 1.29 is 9.47 Å². The van der Waals surface area contributed by atoms with Gasteiger partial charge in [-0.2, -0.15) is 0 Å². The third-order valence-electron chi connectivity index (χ3n) is 14.8. The van der Waals surface area contributed by atoms with Crippen LogP contribution in [0.5, 0.6) is 23.0 Å². The van der Waals surface area contributed by atoms with Gasteiger partial charge in [0.25, 0.3) is 0 Å². The Morgan fingerprint density at radius 3 is 0.658 bits per heavy atom. The van der Waals surface area contributed by atoms with Gasteiger partial charge in [-0.25, -0.2) is 0 Å². The average molecular weight is 937 g/mol. The van der Waals surface area contributed by atoms with Gasteiger partial charge in [0.05, 0.1) is 66.9 Å². The molecule has 0 spiro atoms. The summed E-state index contributed by atoms with van der Waals surface area (Å²) in [6.45, 7) is 2.08. The summed E-state index contributed by atoms with van der Waals surface area (Å²) in [6.07, 6.45) is 0. The molecule has 73 heavy (non-hydrogen) atoms. The van der Waals surface area contributed by atoms with Crippen molar-refractivity contribution in [2.75, 3.05) is 0 Å². The fourth-order valence-corrected chi connectivity index (χ4v) is 11.6. The van der Waals surface area contributed by atoms with E-state index in [4.69, 9.17) is 9.47 Å². The zero-order valence-corrected chi connectivity index (χ0v) is 39.8. The maximum absolute atomic E-state index is 7.16. The Hall–Kier alpha value is -9.78. The maximum atomic E-state index is 7.16. The van der Waals surface area contributed by atoms with E-state index in [0.717, 1.165) is 72.4 Å². The largest absolute Gasteiger partial charge is 0.457 e. The number of para-hydroxylation sites is 8. The Labute approximate surface area is 419 Å². The molecule has 15 rings (SSSR count). The fraction of sp³-hybridized carbons (Fsp3) is 0.0149. The number of fused-ring (bicyclic) bond motifs is 12. The van der Waals surface area contributed by atoms with Crippen molar-refractivity contribution in [2.45, 2.75) is 6.92 Å².